The monoisotopic (exact) mass is 260 g/mol. The van der Waals surface area contributed by atoms with Crippen molar-refractivity contribution in [2.75, 3.05) is 20.3 Å². The molecule has 0 N–H and O–H groups in total. The van der Waals surface area contributed by atoms with Crippen LogP contribution >= 0.6 is 0 Å². The second kappa shape index (κ2) is 11.0. The molecule has 0 saturated carbocycles. The SMILES string of the molecule is C=C[Si](OC)(OCCCCC)OCCCCC. The van der Waals surface area contributed by atoms with Crippen molar-refractivity contribution in [1.29, 1.82) is 0 Å². The zero-order valence-electron chi connectivity index (χ0n) is 11.7. The first-order valence-corrected chi connectivity index (χ1v) is 8.51. The van der Waals surface area contributed by atoms with Gasteiger partial charge >= 0.3 is 8.80 Å². The Morgan fingerprint density at radius 1 is 0.941 bits per heavy atom. The lowest BCUT2D eigenvalue weighted by molar-refractivity contribution is 0.0872. The predicted octanol–water partition coefficient (Wildman–Crippen LogP) is 3.71. The quantitative estimate of drug-likeness (QED) is 0.395. The number of hydrogen-bond acceptors (Lipinski definition) is 3. The van der Waals surface area contributed by atoms with Crippen molar-refractivity contribution in [3.63, 3.8) is 0 Å². The molecule has 0 spiro atoms. The van der Waals surface area contributed by atoms with Crippen LogP contribution in [0, 0.1) is 0 Å². The molecule has 0 unspecified atom stereocenters. The third-order valence-corrected chi connectivity index (χ3v) is 4.92. The van der Waals surface area contributed by atoms with Crippen LogP contribution in [0.3, 0.4) is 0 Å². The van der Waals surface area contributed by atoms with Crippen molar-refractivity contribution in [2.24, 2.45) is 0 Å². The molecule has 102 valence electrons. The lowest BCUT2D eigenvalue weighted by Gasteiger charge is -2.24. The van der Waals surface area contributed by atoms with E-state index in [0.29, 0.717) is 13.2 Å². The predicted molar refractivity (Wildman–Crippen MR) is 73.9 cm³/mol. The Kier molecular flexibility index (Phi) is 10.9. The first kappa shape index (κ1) is 16.8. The maximum Gasteiger partial charge on any atom is 0.528 e. The first-order chi connectivity index (χ1) is 8.24. The minimum atomic E-state index is -2.58. The number of unbranched alkanes of at least 4 members (excludes halogenated alkanes) is 4. The van der Waals surface area contributed by atoms with E-state index in [-0.39, 0.29) is 0 Å². The molecule has 0 fully saturated rings. The van der Waals surface area contributed by atoms with Gasteiger partial charge in [-0.1, -0.05) is 46.1 Å². The fraction of sp³-hybridized carbons (Fsp3) is 0.846. The smallest absolute Gasteiger partial charge is 0.374 e. The van der Waals surface area contributed by atoms with Crippen LogP contribution in [0.15, 0.2) is 12.3 Å². The molecule has 0 radical (unpaired) electrons. The summed E-state index contributed by atoms with van der Waals surface area (Å²) in [6.07, 6.45) is 6.86. The van der Waals surface area contributed by atoms with Crippen molar-refractivity contribution in [3.05, 3.63) is 12.3 Å². The highest BCUT2D eigenvalue weighted by atomic mass is 28.4. The van der Waals surface area contributed by atoms with Gasteiger partial charge in [0.05, 0.1) is 0 Å². The van der Waals surface area contributed by atoms with Crippen LogP contribution in [-0.2, 0) is 13.3 Å². The number of hydrogen-bond donors (Lipinski definition) is 0. The summed E-state index contributed by atoms with van der Waals surface area (Å²) in [4.78, 5) is 0. The molecule has 4 heteroatoms. The van der Waals surface area contributed by atoms with E-state index in [1.807, 2.05) is 0 Å². The van der Waals surface area contributed by atoms with Gasteiger partial charge in [0.2, 0.25) is 0 Å². The standard InChI is InChI=1S/C13H28O3Si/c1-5-8-10-12-15-17(7-3,14-4)16-13-11-9-6-2/h7H,3,5-6,8-13H2,1-2,4H3. The van der Waals surface area contributed by atoms with Crippen LogP contribution in [0.4, 0.5) is 0 Å². The fourth-order valence-corrected chi connectivity index (χ4v) is 3.07. The van der Waals surface area contributed by atoms with E-state index in [2.05, 4.69) is 20.4 Å². The van der Waals surface area contributed by atoms with Crippen LogP contribution in [0.2, 0.25) is 0 Å². The molecule has 0 rings (SSSR count). The van der Waals surface area contributed by atoms with E-state index in [9.17, 15) is 0 Å². The van der Waals surface area contributed by atoms with Gasteiger partial charge in [-0.2, -0.15) is 0 Å². The van der Waals surface area contributed by atoms with Crippen molar-refractivity contribution >= 4 is 8.80 Å². The highest BCUT2D eigenvalue weighted by Crippen LogP contribution is 2.12. The molecule has 0 saturated heterocycles. The molecule has 0 bridgehead atoms. The number of rotatable bonds is 12. The largest absolute Gasteiger partial charge is 0.528 e. The summed E-state index contributed by atoms with van der Waals surface area (Å²) in [5, 5.41) is 0. The van der Waals surface area contributed by atoms with Gasteiger partial charge in [-0.3, -0.25) is 0 Å². The van der Waals surface area contributed by atoms with Crippen LogP contribution in [0.5, 0.6) is 0 Å². The van der Waals surface area contributed by atoms with Gasteiger partial charge in [0.25, 0.3) is 0 Å². The topological polar surface area (TPSA) is 27.7 Å². The van der Waals surface area contributed by atoms with Gasteiger partial charge in [0.15, 0.2) is 0 Å². The lowest BCUT2D eigenvalue weighted by atomic mass is 10.3. The van der Waals surface area contributed by atoms with Crippen LogP contribution in [-0.4, -0.2) is 29.1 Å². The van der Waals surface area contributed by atoms with Gasteiger partial charge in [-0.25, -0.2) is 0 Å². The molecule has 0 aliphatic carbocycles. The molecule has 0 aromatic heterocycles. The Morgan fingerprint density at radius 2 is 1.41 bits per heavy atom. The van der Waals surface area contributed by atoms with Crippen molar-refractivity contribution in [2.45, 2.75) is 52.4 Å². The van der Waals surface area contributed by atoms with Crippen molar-refractivity contribution in [3.8, 4) is 0 Å². The molecule has 0 amide bonds. The van der Waals surface area contributed by atoms with Gasteiger partial charge in [0, 0.05) is 20.3 Å². The van der Waals surface area contributed by atoms with E-state index in [1.165, 1.54) is 25.7 Å². The highest BCUT2D eigenvalue weighted by Gasteiger charge is 2.36. The van der Waals surface area contributed by atoms with Crippen LogP contribution in [0.25, 0.3) is 0 Å². The molecule has 0 atom stereocenters. The van der Waals surface area contributed by atoms with Crippen molar-refractivity contribution < 1.29 is 13.3 Å². The Morgan fingerprint density at radius 3 is 1.71 bits per heavy atom. The summed E-state index contributed by atoms with van der Waals surface area (Å²) in [5.41, 5.74) is 1.73. The molecule has 3 nitrogen and oxygen atoms in total. The minimum absolute atomic E-state index is 0.702. The van der Waals surface area contributed by atoms with Gasteiger partial charge in [-0.15, -0.1) is 0 Å². The highest BCUT2D eigenvalue weighted by molar-refractivity contribution is 6.66. The normalized spacial score (nSPS) is 11.7. The average Bonchev–Trinajstić information content (AvgIpc) is 2.37. The summed E-state index contributed by atoms with van der Waals surface area (Å²) >= 11 is 0. The maximum absolute atomic E-state index is 5.79. The zero-order valence-corrected chi connectivity index (χ0v) is 12.7. The maximum atomic E-state index is 5.79. The van der Waals surface area contributed by atoms with Gasteiger partial charge in [0.1, 0.15) is 0 Å². The molecular formula is C13H28O3Si. The van der Waals surface area contributed by atoms with E-state index in [1.54, 1.807) is 12.8 Å². The fourth-order valence-electron chi connectivity index (χ4n) is 1.49. The summed E-state index contributed by atoms with van der Waals surface area (Å²) in [5.74, 6) is 0. The van der Waals surface area contributed by atoms with Crippen LogP contribution < -0.4 is 0 Å². The second-order valence-electron chi connectivity index (χ2n) is 4.12. The summed E-state index contributed by atoms with van der Waals surface area (Å²) in [6, 6.07) is 0. The Labute approximate surface area is 108 Å². The Hall–Kier alpha value is -0.163. The van der Waals surface area contributed by atoms with E-state index < -0.39 is 8.80 Å². The Balaban J connectivity index is 3.93. The van der Waals surface area contributed by atoms with E-state index in [4.69, 9.17) is 13.3 Å². The van der Waals surface area contributed by atoms with Gasteiger partial charge in [-0.05, 0) is 18.5 Å². The van der Waals surface area contributed by atoms with Crippen molar-refractivity contribution in [1.82, 2.24) is 0 Å². The van der Waals surface area contributed by atoms with E-state index >= 15 is 0 Å². The molecule has 0 heterocycles. The molecule has 0 aromatic rings. The summed E-state index contributed by atoms with van der Waals surface area (Å²) in [6.45, 7) is 9.55. The Bertz CT molecular complexity index is 174. The summed E-state index contributed by atoms with van der Waals surface area (Å²) < 4.78 is 17.0. The zero-order chi connectivity index (χ0) is 13.0. The second-order valence-corrected chi connectivity index (χ2v) is 6.72. The third kappa shape index (κ3) is 7.71. The first-order valence-electron chi connectivity index (χ1n) is 6.71. The molecular weight excluding hydrogens is 232 g/mol. The molecule has 17 heavy (non-hydrogen) atoms. The summed E-state index contributed by atoms with van der Waals surface area (Å²) in [7, 11) is -0.933. The van der Waals surface area contributed by atoms with Crippen LogP contribution in [0.1, 0.15) is 52.4 Å². The van der Waals surface area contributed by atoms with E-state index in [0.717, 1.165) is 12.8 Å². The molecule has 0 aliphatic heterocycles. The minimum Gasteiger partial charge on any atom is -0.374 e. The average molecular weight is 260 g/mol. The molecule has 0 aliphatic rings. The third-order valence-electron chi connectivity index (χ3n) is 2.64. The van der Waals surface area contributed by atoms with Gasteiger partial charge < -0.3 is 13.3 Å². The molecule has 0 aromatic carbocycles. The lowest BCUT2D eigenvalue weighted by Crippen LogP contribution is -2.43.